The molecule has 100 valence electrons. The van der Waals surface area contributed by atoms with E-state index < -0.39 is 0 Å². The first kappa shape index (κ1) is 13.3. The molecule has 0 saturated carbocycles. The number of rotatable bonds is 4. The van der Waals surface area contributed by atoms with Gasteiger partial charge < -0.3 is 20.1 Å². The second kappa shape index (κ2) is 5.65. The van der Waals surface area contributed by atoms with Gasteiger partial charge in [-0.2, -0.15) is 0 Å². The molecular weight excluding hydrogens is 216 g/mol. The summed E-state index contributed by atoms with van der Waals surface area (Å²) < 4.78 is 11.3. The molecule has 4 nitrogen and oxygen atoms in total. The van der Waals surface area contributed by atoms with E-state index in [9.17, 15) is 0 Å². The summed E-state index contributed by atoms with van der Waals surface area (Å²) in [6.07, 6.45) is 3.82. The van der Waals surface area contributed by atoms with E-state index >= 15 is 0 Å². The molecule has 0 aliphatic carbocycles. The van der Waals surface area contributed by atoms with Crippen molar-refractivity contribution in [2.24, 2.45) is 11.1 Å². The summed E-state index contributed by atoms with van der Waals surface area (Å²) in [6, 6.07) is 0.542. The van der Waals surface area contributed by atoms with E-state index in [-0.39, 0.29) is 5.41 Å². The van der Waals surface area contributed by atoms with E-state index in [1.165, 1.54) is 6.42 Å². The van der Waals surface area contributed by atoms with Crippen LogP contribution in [0.25, 0.3) is 0 Å². The zero-order chi connectivity index (χ0) is 12.3. The Bertz CT molecular complexity index is 242. The average Bonchev–Trinajstić information content (AvgIpc) is 2.77. The summed E-state index contributed by atoms with van der Waals surface area (Å²) in [5.41, 5.74) is 6.14. The van der Waals surface area contributed by atoms with E-state index in [1.54, 1.807) is 0 Å². The Hall–Kier alpha value is -0.160. The van der Waals surface area contributed by atoms with Crippen molar-refractivity contribution >= 4 is 0 Å². The van der Waals surface area contributed by atoms with Crippen LogP contribution in [0.3, 0.4) is 0 Å². The van der Waals surface area contributed by atoms with Crippen molar-refractivity contribution in [2.75, 3.05) is 40.0 Å². The van der Waals surface area contributed by atoms with E-state index in [2.05, 4.69) is 18.9 Å². The monoisotopic (exact) mass is 242 g/mol. The maximum absolute atomic E-state index is 5.98. The molecule has 2 rings (SSSR count). The van der Waals surface area contributed by atoms with Gasteiger partial charge in [-0.15, -0.1) is 0 Å². The Morgan fingerprint density at radius 1 is 1.41 bits per heavy atom. The van der Waals surface area contributed by atoms with Crippen LogP contribution in [-0.4, -0.2) is 57.0 Å². The molecule has 0 amide bonds. The van der Waals surface area contributed by atoms with Gasteiger partial charge in [0.25, 0.3) is 0 Å². The third-order valence-electron chi connectivity index (χ3n) is 4.32. The SMILES string of the molecule is CC1OCCC1N(C)CC1(CN)CCCOC1. The van der Waals surface area contributed by atoms with Crippen LogP contribution in [0.5, 0.6) is 0 Å². The predicted molar refractivity (Wildman–Crippen MR) is 68.0 cm³/mol. The van der Waals surface area contributed by atoms with Crippen molar-refractivity contribution in [1.82, 2.24) is 4.90 Å². The van der Waals surface area contributed by atoms with Gasteiger partial charge in [0.15, 0.2) is 0 Å². The molecule has 2 N–H and O–H groups in total. The summed E-state index contributed by atoms with van der Waals surface area (Å²) in [4.78, 5) is 2.43. The summed E-state index contributed by atoms with van der Waals surface area (Å²) in [7, 11) is 2.20. The number of ether oxygens (including phenoxy) is 2. The highest BCUT2D eigenvalue weighted by Gasteiger charge is 2.36. The quantitative estimate of drug-likeness (QED) is 0.794. The number of hydrogen-bond acceptors (Lipinski definition) is 4. The van der Waals surface area contributed by atoms with E-state index in [4.69, 9.17) is 15.2 Å². The Morgan fingerprint density at radius 2 is 2.24 bits per heavy atom. The standard InChI is InChI=1S/C13H26N2O2/c1-11-12(4-7-17-11)15(2)9-13(8-14)5-3-6-16-10-13/h11-12H,3-10,14H2,1-2H3. The molecule has 2 heterocycles. The smallest absolute Gasteiger partial charge is 0.0702 e. The molecule has 2 aliphatic rings. The fourth-order valence-corrected chi connectivity index (χ4v) is 3.21. The van der Waals surface area contributed by atoms with Crippen LogP contribution in [-0.2, 0) is 9.47 Å². The lowest BCUT2D eigenvalue weighted by atomic mass is 9.81. The van der Waals surface area contributed by atoms with Crippen molar-refractivity contribution in [2.45, 2.75) is 38.3 Å². The molecule has 2 fully saturated rings. The predicted octanol–water partition coefficient (Wildman–Crippen LogP) is 0.851. The molecule has 0 aromatic heterocycles. The molecule has 0 radical (unpaired) electrons. The van der Waals surface area contributed by atoms with Gasteiger partial charge in [-0.1, -0.05) is 0 Å². The van der Waals surface area contributed by atoms with Gasteiger partial charge in [-0.3, -0.25) is 0 Å². The van der Waals surface area contributed by atoms with Gasteiger partial charge in [0, 0.05) is 37.8 Å². The number of nitrogens with two attached hydrogens (primary N) is 1. The van der Waals surface area contributed by atoms with Gasteiger partial charge in [-0.05, 0) is 33.2 Å². The maximum Gasteiger partial charge on any atom is 0.0702 e. The third-order valence-corrected chi connectivity index (χ3v) is 4.32. The minimum Gasteiger partial charge on any atom is -0.381 e. The lowest BCUT2D eigenvalue weighted by Crippen LogP contribution is -2.50. The highest BCUT2D eigenvalue weighted by Crippen LogP contribution is 2.30. The van der Waals surface area contributed by atoms with Crippen molar-refractivity contribution in [3.63, 3.8) is 0 Å². The van der Waals surface area contributed by atoms with Crippen molar-refractivity contribution in [3.05, 3.63) is 0 Å². The first-order valence-corrected chi connectivity index (χ1v) is 6.76. The largest absolute Gasteiger partial charge is 0.381 e. The lowest BCUT2D eigenvalue weighted by Gasteiger charge is -2.41. The van der Waals surface area contributed by atoms with Crippen molar-refractivity contribution in [1.29, 1.82) is 0 Å². The van der Waals surface area contributed by atoms with E-state index in [0.29, 0.717) is 12.1 Å². The maximum atomic E-state index is 5.98. The molecule has 3 unspecified atom stereocenters. The van der Waals surface area contributed by atoms with Gasteiger partial charge >= 0.3 is 0 Å². The van der Waals surface area contributed by atoms with Gasteiger partial charge in [0.2, 0.25) is 0 Å². The number of nitrogens with zero attached hydrogens (tertiary/aromatic N) is 1. The van der Waals surface area contributed by atoms with Crippen LogP contribution in [0.2, 0.25) is 0 Å². The highest BCUT2D eigenvalue weighted by molar-refractivity contribution is 4.89. The summed E-state index contributed by atoms with van der Waals surface area (Å²) in [6.45, 7) is 6.52. The average molecular weight is 242 g/mol. The molecule has 0 bridgehead atoms. The zero-order valence-electron chi connectivity index (χ0n) is 11.2. The summed E-state index contributed by atoms with van der Waals surface area (Å²) >= 11 is 0. The summed E-state index contributed by atoms with van der Waals surface area (Å²) in [5, 5.41) is 0. The molecule has 3 atom stereocenters. The van der Waals surface area contributed by atoms with Gasteiger partial charge in [0.05, 0.1) is 12.7 Å². The van der Waals surface area contributed by atoms with Crippen molar-refractivity contribution < 1.29 is 9.47 Å². The Morgan fingerprint density at radius 3 is 2.76 bits per heavy atom. The topological polar surface area (TPSA) is 47.7 Å². The Balaban J connectivity index is 1.93. The van der Waals surface area contributed by atoms with Gasteiger partial charge in [0.1, 0.15) is 0 Å². The third kappa shape index (κ3) is 2.99. The fourth-order valence-electron chi connectivity index (χ4n) is 3.21. The number of likely N-dealkylation sites (N-methyl/N-ethyl adjacent to an activating group) is 1. The fraction of sp³-hybridized carbons (Fsp3) is 1.00. The molecular formula is C13H26N2O2. The molecule has 2 saturated heterocycles. The Kier molecular flexibility index (Phi) is 4.42. The van der Waals surface area contributed by atoms with Crippen LogP contribution >= 0.6 is 0 Å². The van der Waals surface area contributed by atoms with Crippen LogP contribution < -0.4 is 5.73 Å². The molecule has 0 aromatic rings. The van der Waals surface area contributed by atoms with Crippen molar-refractivity contribution in [3.8, 4) is 0 Å². The molecule has 0 spiro atoms. The van der Waals surface area contributed by atoms with Crippen LogP contribution in [0.1, 0.15) is 26.2 Å². The molecule has 17 heavy (non-hydrogen) atoms. The summed E-state index contributed by atoms with van der Waals surface area (Å²) in [5.74, 6) is 0. The van der Waals surface area contributed by atoms with Crippen LogP contribution in [0.15, 0.2) is 0 Å². The molecule has 0 aromatic carbocycles. The normalized spacial score (nSPS) is 38.8. The molecule has 2 aliphatic heterocycles. The van der Waals surface area contributed by atoms with Crippen LogP contribution in [0, 0.1) is 5.41 Å². The highest BCUT2D eigenvalue weighted by atomic mass is 16.5. The van der Waals surface area contributed by atoms with E-state index in [0.717, 1.165) is 45.8 Å². The minimum atomic E-state index is 0.162. The van der Waals surface area contributed by atoms with Gasteiger partial charge in [-0.25, -0.2) is 0 Å². The second-order valence-corrected chi connectivity index (χ2v) is 5.71. The van der Waals surface area contributed by atoms with Crippen LogP contribution in [0.4, 0.5) is 0 Å². The first-order valence-electron chi connectivity index (χ1n) is 6.76. The van der Waals surface area contributed by atoms with E-state index in [1.807, 2.05) is 0 Å². The first-order chi connectivity index (χ1) is 8.17. The number of hydrogen-bond donors (Lipinski definition) is 1. The zero-order valence-corrected chi connectivity index (χ0v) is 11.2. The minimum absolute atomic E-state index is 0.162. The second-order valence-electron chi connectivity index (χ2n) is 5.71. The lowest BCUT2D eigenvalue weighted by molar-refractivity contribution is -0.0287. The molecule has 4 heteroatoms. The Labute approximate surface area is 104 Å².